The Morgan fingerprint density at radius 2 is 1.89 bits per heavy atom. The van der Waals surface area contributed by atoms with Gasteiger partial charge in [0.1, 0.15) is 0 Å². The number of hydrogen-bond acceptors (Lipinski definition) is 3. The molecule has 1 aromatic rings. The molecule has 4 nitrogen and oxygen atoms in total. The van der Waals surface area contributed by atoms with Crippen LogP contribution in [-0.2, 0) is 9.53 Å². The number of carbonyl (C=O) groups is 2. The quantitative estimate of drug-likeness (QED) is 0.628. The molecule has 0 heterocycles. The molecule has 0 spiro atoms. The van der Waals surface area contributed by atoms with Gasteiger partial charge in [-0.2, -0.15) is 13.2 Å². The zero-order valence-corrected chi connectivity index (χ0v) is 12.0. The average Bonchev–Trinajstić information content (AvgIpc) is 2.30. The van der Waals surface area contributed by atoms with Crippen LogP contribution in [0.15, 0.2) is 12.1 Å². The molecule has 8 heteroatoms. The number of anilines is 1. The van der Waals surface area contributed by atoms with Crippen molar-refractivity contribution >= 4 is 40.2 Å². The van der Waals surface area contributed by atoms with Crippen LogP contribution in [0, 0.1) is 10.5 Å². The van der Waals surface area contributed by atoms with E-state index in [0.29, 0.717) is 9.13 Å². The number of nitrogens with one attached hydrogen (secondary N) is 1. The first kappa shape index (κ1) is 15.7. The number of aryl methyl sites for hydroxylation is 1. The fraction of sp³-hybridized carbons (Fsp3) is 0.273. The van der Waals surface area contributed by atoms with Crippen LogP contribution in [0.1, 0.15) is 15.9 Å². The van der Waals surface area contributed by atoms with Gasteiger partial charge in [0, 0.05) is 3.57 Å². The molecule has 1 aromatic carbocycles. The number of halogens is 4. The van der Waals surface area contributed by atoms with Crippen molar-refractivity contribution in [3.05, 3.63) is 26.8 Å². The maximum absolute atomic E-state index is 12.2. The van der Waals surface area contributed by atoms with E-state index >= 15 is 0 Å². The molecule has 0 aliphatic carbocycles. The van der Waals surface area contributed by atoms with Crippen LogP contribution in [0.3, 0.4) is 0 Å². The number of amides is 1. The summed E-state index contributed by atoms with van der Waals surface area (Å²) in [5, 5.41) is 1.72. The number of benzene rings is 1. The van der Waals surface area contributed by atoms with Crippen LogP contribution >= 0.6 is 22.6 Å². The molecule has 0 saturated heterocycles. The van der Waals surface area contributed by atoms with Crippen LogP contribution in [0.4, 0.5) is 18.9 Å². The van der Waals surface area contributed by atoms with Crippen LogP contribution < -0.4 is 5.32 Å². The first-order valence-corrected chi connectivity index (χ1v) is 6.01. The largest absolute Gasteiger partial charge is 0.471 e. The Morgan fingerprint density at radius 3 is 2.37 bits per heavy atom. The van der Waals surface area contributed by atoms with Gasteiger partial charge in [-0.3, -0.25) is 4.79 Å². The number of esters is 1. The minimum Gasteiger partial charge on any atom is -0.465 e. The van der Waals surface area contributed by atoms with Crippen molar-refractivity contribution in [3.63, 3.8) is 0 Å². The predicted octanol–water partition coefficient (Wildman–Crippen LogP) is 2.89. The molecule has 1 N–H and O–H groups in total. The molecule has 19 heavy (non-hydrogen) atoms. The molecular formula is C11H9F3INO3. The summed E-state index contributed by atoms with van der Waals surface area (Å²) in [7, 11) is 1.16. The third-order valence-electron chi connectivity index (χ3n) is 2.23. The van der Waals surface area contributed by atoms with Crippen LogP contribution in [-0.4, -0.2) is 25.2 Å². The SMILES string of the molecule is COC(=O)c1cc(NC(=O)C(F)(F)F)c(I)cc1C. The predicted molar refractivity (Wildman–Crippen MR) is 69.9 cm³/mol. The smallest absolute Gasteiger partial charge is 0.465 e. The van der Waals surface area contributed by atoms with Gasteiger partial charge in [-0.05, 0) is 47.2 Å². The van der Waals surface area contributed by atoms with E-state index in [-0.39, 0.29) is 11.3 Å². The van der Waals surface area contributed by atoms with E-state index in [0.717, 1.165) is 13.2 Å². The highest BCUT2D eigenvalue weighted by molar-refractivity contribution is 14.1. The Balaban J connectivity index is 3.15. The first-order valence-electron chi connectivity index (χ1n) is 4.93. The molecule has 0 aliphatic rings. The molecule has 104 valence electrons. The fourth-order valence-corrected chi connectivity index (χ4v) is 2.05. The highest BCUT2D eigenvalue weighted by Gasteiger charge is 2.39. The summed E-state index contributed by atoms with van der Waals surface area (Å²) in [5.41, 5.74) is 0.551. The summed E-state index contributed by atoms with van der Waals surface area (Å²) >= 11 is 1.77. The van der Waals surface area contributed by atoms with E-state index in [2.05, 4.69) is 4.74 Å². The first-order chi connectivity index (χ1) is 8.66. The number of carbonyl (C=O) groups excluding carboxylic acids is 2. The molecule has 0 saturated carbocycles. The molecule has 1 rings (SSSR count). The maximum Gasteiger partial charge on any atom is 0.471 e. The van der Waals surface area contributed by atoms with Crippen molar-refractivity contribution < 1.29 is 27.5 Å². The lowest BCUT2D eigenvalue weighted by Crippen LogP contribution is -2.30. The average molecular weight is 387 g/mol. The van der Waals surface area contributed by atoms with Crippen molar-refractivity contribution in [1.29, 1.82) is 0 Å². The summed E-state index contributed by atoms with van der Waals surface area (Å²) < 4.78 is 41.4. The summed E-state index contributed by atoms with van der Waals surface area (Å²) in [6, 6.07) is 2.64. The molecular weight excluding hydrogens is 378 g/mol. The molecule has 0 radical (unpaired) electrons. The van der Waals surface area contributed by atoms with Gasteiger partial charge in [0.25, 0.3) is 0 Å². The number of methoxy groups -OCH3 is 1. The van der Waals surface area contributed by atoms with E-state index in [1.165, 1.54) is 6.07 Å². The van der Waals surface area contributed by atoms with E-state index in [1.807, 2.05) is 0 Å². The van der Waals surface area contributed by atoms with Crippen LogP contribution in [0.25, 0.3) is 0 Å². The Bertz CT molecular complexity index is 529. The zero-order valence-electron chi connectivity index (χ0n) is 9.89. The van der Waals surface area contributed by atoms with Crippen molar-refractivity contribution in [3.8, 4) is 0 Å². The van der Waals surface area contributed by atoms with Gasteiger partial charge in [-0.15, -0.1) is 0 Å². The van der Waals surface area contributed by atoms with Gasteiger partial charge in [-0.25, -0.2) is 4.79 Å². The van der Waals surface area contributed by atoms with Crippen molar-refractivity contribution in [2.45, 2.75) is 13.1 Å². The lowest BCUT2D eigenvalue weighted by atomic mass is 10.1. The van der Waals surface area contributed by atoms with Crippen molar-refractivity contribution in [2.75, 3.05) is 12.4 Å². The highest BCUT2D eigenvalue weighted by Crippen LogP contribution is 2.26. The van der Waals surface area contributed by atoms with Crippen LogP contribution in [0.5, 0.6) is 0 Å². The number of rotatable bonds is 2. The summed E-state index contributed by atoms with van der Waals surface area (Å²) in [4.78, 5) is 22.3. The van der Waals surface area contributed by atoms with Gasteiger partial charge in [-0.1, -0.05) is 0 Å². The third-order valence-corrected chi connectivity index (χ3v) is 3.12. The summed E-state index contributed by atoms with van der Waals surface area (Å²) in [6.45, 7) is 1.61. The Labute approximate surface area is 120 Å². The second kappa shape index (κ2) is 5.76. The normalized spacial score (nSPS) is 11.1. The minimum atomic E-state index is -4.99. The molecule has 0 atom stereocenters. The minimum absolute atomic E-state index is 0.0890. The van der Waals surface area contributed by atoms with E-state index in [1.54, 1.807) is 34.8 Å². The molecule has 0 fully saturated rings. The monoisotopic (exact) mass is 387 g/mol. The van der Waals surface area contributed by atoms with Crippen molar-refractivity contribution in [2.24, 2.45) is 0 Å². The lowest BCUT2D eigenvalue weighted by Gasteiger charge is -2.12. The Morgan fingerprint density at radius 1 is 1.32 bits per heavy atom. The lowest BCUT2D eigenvalue weighted by molar-refractivity contribution is -0.167. The van der Waals surface area contributed by atoms with Crippen LogP contribution in [0.2, 0.25) is 0 Å². The third kappa shape index (κ3) is 3.82. The number of hydrogen-bond donors (Lipinski definition) is 1. The molecule has 1 amide bonds. The molecule has 0 unspecified atom stereocenters. The standard InChI is InChI=1S/C11H9F3INO3/c1-5-3-7(15)8(4-6(5)9(17)19-2)16-10(18)11(12,13)14/h3-4H,1-2H3,(H,16,18). The fourth-order valence-electron chi connectivity index (χ4n) is 1.29. The second-order valence-electron chi connectivity index (χ2n) is 3.59. The van der Waals surface area contributed by atoms with Crippen molar-refractivity contribution in [1.82, 2.24) is 0 Å². The van der Waals surface area contributed by atoms with Gasteiger partial charge in [0.2, 0.25) is 0 Å². The van der Waals surface area contributed by atoms with Gasteiger partial charge in [0.15, 0.2) is 0 Å². The Kier molecular flexibility index (Phi) is 4.77. The van der Waals surface area contributed by atoms with E-state index in [9.17, 15) is 22.8 Å². The molecule has 0 bridgehead atoms. The molecule has 0 aromatic heterocycles. The van der Waals surface area contributed by atoms with Gasteiger partial charge >= 0.3 is 18.1 Å². The topological polar surface area (TPSA) is 55.4 Å². The van der Waals surface area contributed by atoms with E-state index < -0.39 is 18.1 Å². The zero-order chi connectivity index (χ0) is 14.8. The second-order valence-corrected chi connectivity index (χ2v) is 4.75. The summed E-state index contributed by atoms with van der Waals surface area (Å²) in [6.07, 6.45) is -4.99. The number of alkyl halides is 3. The number of ether oxygens (including phenoxy) is 1. The van der Waals surface area contributed by atoms with Gasteiger partial charge in [0.05, 0.1) is 18.4 Å². The molecule has 0 aliphatic heterocycles. The summed E-state index contributed by atoms with van der Waals surface area (Å²) in [5.74, 6) is -2.78. The Hall–Kier alpha value is -1.32. The van der Waals surface area contributed by atoms with Gasteiger partial charge < -0.3 is 10.1 Å². The highest BCUT2D eigenvalue weighted by atomic mass is 127. The van der Waals surface area contributed by atoms with E-state index in [4.69, 9.17) is 0 Å². The maximum atomic E-state index is 12.2.